The average Bonchev–Trinajstić information content (AvgIpc) is 2.38. The highest BCUT2D eigenvalue weighted by atomic mass is 79.9. The van der Waals surface area contributed by atoms with E-state index in [0.717, 1.165) is 15.6 Å². The van der Waals surface area contributed by atoms with Crippen molar-refractivity contribution in [3.05, 3.63) is 63.1 Å². The lowest BCUT2D eigenvalue weighted by Crippen LogP contribution is -2.35. The molecule has 0 saturated heterocycles. The Labute approximate surface area is 131 Å². The van der Waals surface area contributed by atoms with Crippen LogP contribution in [0.2, 0.25) is 5.02 Å². The molecule has 104 valence electrons. The largest absolute Gasteiger partial charge is 0.482 e. The Morgan fingerprint density at radius 2 is 2.05 bits per heavy atom. The minimum absolute atomic E-state index is 0.478. The molecule has 0 aromatic heterocycles. The summed E-state index contributed by atoms with van der Waals surface area (Å²) in [6.45, 7) is 1.96. The Hall–Kier alpha value is -1.03. The van der Waals surface area contributed by atoms with Gasteiger partial charge < -0.3 is 9.84 Å². The molecule has 0 bridgehead atoms. The number of ether oxygens (including phenoxy) is 1. The number of para-hydroxylation sites is 1. The van der Waals surface area contributed by atoms with Crippen molar-refractivity contribution in [2.75, 3.05) is 0 Å². The molecule has 1 aliphatic rings. The predicted molar refractivity (Wildman–Crippen MR) is 83.2 cm³/mol. The van der Waals surface area contributed by atoms with Gasteiger partial charge in [-0.1, -0.05) is 51.8 Å². The van der Waals surface area contributed by atoms with Gasteiger partial charge in [0.15, 0.2) is 0 Å². The van der Waals surface area contributed by atoms with E-state index in [1.807, 2.05) is 49.4 Å². The average molecular weight is 354 g/mol. The van der Waals surface area contributed by atoms with E-state index in [2.05, 4.69) is 15.9 Å². The molecule has 1 heterocycles. The third kappa shape index (κ3) is 2.34. The molecule has 2 aromatic carbocycles. The summed E-state index contributed by atoms with van der Waals surface area (Å²) in [7, 11) is 0. The molecular weight excluding hydrogens is 340 g/mol. The van der Waals surface area contributed by atoms with Gasteiger partial charge in [-0.2, -0.15) is 0 Å². The number of fused-ring (bicyclic) bond motifs is 1. The molecule has 1 N–H and O–H groups in total. The molecule has 1 unspecified atom stereocenters. The van der Waals surface area contributed by atoms with Gasteiger partial charge in [-0.25, -0.2) is 0 Å². The lowest BCUT2D eigenvalue weighted by molar-refractivity contribution is -0.00477. The van der Waals surface area contributed by atoms with Gasteiger partial charge in [-0.3, -0.25) is 0 Å². The Morgan fingerprint density at radius 3 is 2.80 bits per heavy atom. The molecule has 2 nitrogen and oxygen atoms in total. The van der Waals surface area contributed by atoms with Crippen molar-refractivity contribution in [1.29, 1.82) is 0 Å². The van der Waals surface area contributed by atoms with Crippen LogP contribution in [0.25, 0.3) is 0 Å². The van der Waals surface area contributed by atoms with Crippen LogP contribution in [0.5, 0.6) is 5.75 Å². The molecular formula is C16H14BrClO2. The van der Waals surface area contributed by atoms with Crippen molar-refractivity contribution in [1.82, 2.24) is 0 Å². The molecule has 20 heavy (non-hydrogen) atoms. The summed E-state index contributed by atoms with van der Waals surface area (Å²) < 4.78 is 7.06. The van der Waals surface area contributed by atoms with Gasteiger partial charge in [0, 0.05) is 27.0 Å². The van der Waals surface area contributed by atoms with E-state index in [0.29, 0.717) is 17.2 Å². The fourth-order valence-electron chi connectivity index (χ4n) is 2.70. The van der Waals surface area contributed by atoms with E-state index in [9.17, 15) is 5.11 Å². The maximum absolute atomic E-state index is 10.4. The van der Waals surface area contributed by atoms with Gasteiger partial charge in [0.2, 0.25) is 0 Å². The third-order valence-corrected chi connectivity index (χ3v) is 4.50. The van der Waals surface area contributed by atoms with E-state index in [4.69, 9.17) is 16.3 Å². The number of hydrogen-bond donors (Lipinski definition) is 1. The van der Waals surface area contributed by atoms with Gasteiger partial charge in [0.05, 0.1) is 6.10 Å². The van der Waals surface area contributed by atoms with Crippen LogP contribution in [0, 0.1) is 0 Å². The van der Waals surface area contributed by atoms with E-state index in [1.54, 1.807) is 0 Å². The van der Waals surface area contributed by atoms with Crippen LogP contribution in [-0.2, 0) is 5.60 Å². The highest BCUT2D eigenvalue weighted by Crippen LogP contribution is 2.46. The van der Waals surface area contributed by atoms with Gasteiger partial charge in [0.1, 0.15) is 11.4 Å². The molecule has 0 aliphatic carbocycles. The minimum atomic E-state index is -0.633. The molecule has 2 atom stereocenters. The second-order valence-electron chi connectivity index (χ2n) is 5.21. The fourth-order valence-corrected chi connectivity index (χ4v) is 3.57. The van der Waals surface area contributed by atoms with Gasteiger partial charge in [0.25, 0.3) is 0 Å². The van der Waals surface area contributed by atoms with Crippen molar-refractivity contribution in [2.24, 2.45) is 0 Å². The molecule has 0 fully saturated rings. The summed E-state index contributed by atoms with van der Waals surface area (Å²) in [5, 5.41) is 11.0. The second-order valence-corrected chi connectivity index (χ2v) is 6.54. The molecule has 1 aliphatic heterocycles. The maximum Gasteiger partial charge on any atom is 0.135 e. The summed E-state index contributed by atoms with van der Waals surface area (Å²) >= 11 is 9.74. The summed E-state index contributed by atoms with van der Waals surface area (Å²) in [6.07, 6.45) is -0.0737. The highest BCUT2D eigenvalue weighted by molar-refractivity contribution is 9.10. The topological polar surface area (TPSA) is 29.5 Å². The van der Waals surface area contributed by atoms with E-state index in [1.165, 1.54) is 0 Å². The normalized spacial score (nSPS) is 24.9. The standard InChI is InChI=1S/C16H14BrClO2/c1-16(12-7-6-10(17)8-13(12)18)9-14(19)11-4-2-3-5-15(11)20-16/h2-8,14,19H,9H2,1H3/t14-,16?/m0/s1. The quantitative estimate of drug-likeness (QED) is 0.795. The Balaban J connectivity index is 2.06. The van der Waals surface area contributed by atoms with Crippen LogP contribution in [0.4, 0.5) is 0 Å². The number of rotatable bonds is 1. The van der Waals surface area contributed by atoms with Crippen LogP contribution in [-0.4, -0.2) is 5.11 Å². The summed E-state index contributed by atoms with van der Waals surface area (Å²) in [6, 6.07) is 13.3. The molecule has 0 saturated carbocycles. The molecule has 4 heteroatoms. The fraction of sp³-hybridized carbons (Fsp3) is 0.250. The van der Waals surface area contributed by atoms with Gasteiger partial charge >= 0.3 is 0 Å². The van der Waals surface area contributed by atoms with Gasteiger partial charge in [-0.15, -0.1) is 0 Å². The Morgan fingerprint density at radius 1 is 1.30 bits per heavy atom. The zero-order valence-electron chi connectivity index (χ0n) is 10.9. The number of hydrogen-bond acceptors (Lipinski definition) is 2. The molecule has 0 amide bonds. The number of benzene rings is 2. The molecule has 0 spiro atoms. The van der Waals surface area contributed by atoms with Crippen molar-refractivity contribution in [2.45, 2.75) is 25.0 Å². The zero-order valence-corrected chi connectivity index (χ0v) is 13.3. The van der Waals surface area contributed by atoms with Gasteiger partial charge in [-0.05, 0) is 25.1 Å². The van der Waals surface area contributed by atoms with Crippen LogP contribution < -0.4 is 4.74 Å². The summed E-state index contributed by atoms with van der Waals surface area (Å²) in [4.78, 5) is 0. The summed E-state index contributed by atoms with van der Waals surface area (Å²) in [5.41, 5.74) is 1.08. The minimum Gasteiger partial charge on any atom is -0.482 e. The molecule has 2 aromatic rings. The maximum atomic E-state index is 10.4. The highest BCUT2D eigenvalue weighted by Gasteiger charge is 2.39. The first kappa shape index (κ1) is 13.9. The smallest absolute Gasteiger partial charge is 0.135 e. The zero-order chi connectivity index (χ0) is 14.3. The molecule has 3 rings (SSSR count). The monoisotopic (exact) mass is 352 g/mol. The first-order valence-electron chi connectivity index (χ1n) is 6.41. The van der Waals surface area contributed by atoms with E-state index >= 15 is 0 Å². The first-order chi connectivity index (χ1) is 9.49. The Bertz CT molecular complexity index is 659. The van der Waals surface area contributed by atoms with Crippen molar-refractivity contribution >= 4 is 27.5 Å². The van der Waals surface area contributed by atoms with Crippen LogP contribution in [0.3, 0.4) is 0 Å². The lowest BCUT2D eigenvalue weighted by Gasteiger charge is -2.39. The van der Waals surface area contributed by atoms with E-state index in [-0.39, 0.29) is 0 Å². The van der Waals surface area contributed by atoms with E-state index < -0.39 is 11.7 Å². The number of halogens is 2. The SMILES string of the molecule is CC1(c2ccc(Br)cc2Cl)C[C@H](O)c2ccccc2O1. The number of aliphatic hydroxyl groups is 1. The van der Waals surface area contributed by atoms with Crippen molar-refractivity contribution in [3.63, 3.8) is 0 Å². The Kier molecular flexibility index (Phi) is 3.53. The van der Waals surface area contributed by atoms with Crippen LogP contribution in [0.15, 0.2) is 46.9 Å². The summed E-state index contributed by atoms with van der Waals surface area (Å²) in [5.74, 6) is 0.715. The lowest BCUT2D eigenvalue weighted by atomic mass is 9.85. The van der Waals surface area contributed by atoms with Crippen LogP contribution >= 0.6 is 27.5 Å². The second kappa shape index (κ2) is 5.06. The third-order valence-electron chi connectivity index (χ3n) is 3.70. The van der Waals surface area contributed by atoms with Crippen LogP contribution in [0.1, 0.15) is 30.6 Å². The number of aliphatic hydroxyl groups excluding tert-OH is 1. The first-order valence-corrected chi connectivity index (χ1v) is 7.58. The molecule has 0 radical (unpaired) electrons. The predicted octanol–water partition coefficient (Wildman–Crippen LogP) is 4.83. The van der Waals surface area contributed by atoms with Crippen molar-refractivity contribution < 1.29 is 9.84 Å². The van der Waals surface area contributed by atoms with Crippen molar-refractivity contribution in [3.8, 4) is 5.75 Å².